The molecule has 3 aromatic rings. The van der Waals surface area contributed by atoms with Crippen molar-refractivity contribution in [2.75, 3.05) is 20.3 Å². The average Bonchev–Trinajstić information content (AvgIpc) is 3.38. The minimum Gasteiger partial charge on any atom is -0.457 e. The molecular formula is C24H19N3O3S. The summed E-state index contributed by atoms with van der Waals surface area (Å²) in [4.78, 5) is 19.8. The van der Waals surface area contributed by atoms with Crippen LogP contribution in [0.25, 0.3) is 17.4 Å². The Morgan fingerprint density at radius 2 is 1.90 bits per heavy atom. The van der Waals surface area contributed by atoms with Gasteiger partial charge in [0, 0.05) is 18.7 Å². The summed E-state index contributed by atoms with van der Waals surface area (Å²) in [5.74, 6) is 1.11. The third kappa shape index (κ3) is 4.77. The van der Waals surface area contributed by atoms with Crippen molar-refractivity contribution < 1.29 is 13.9 Å². The number of nitrogens with zero attached hydrogens (tertiary/aromatic N) is 3. The van der Waals surface area contributed by atoms with Crippen LogP contribution in [0, 0.1) is 11.3 Å². The number of nitriles is 1. The Morgan fingerprint density at radius 1 is 1.13 bits per heavy atom. The second-order valence-electron chi connectivity index (χ2n) is 6.68. The van der Waals surface area contributed by atoms with Crippen LogP contribution in [-0.2, 0) is 9.53 Å². The van der Waals surface area contributed by atoms with Gasteiger partial charge in [-0.3, -0.25) is 9.69 Å². The number of carbonyl (C=O) groups excluding carboxylic acids is 1. The van der Waals surface area contributed by atoms with Crippen molar-refractivity contribution in [2.24, 2.45) is 4.99 Å². The van der Waals surface area contributed by atoms with Crippen molar-refractivity contribution in [3.05, 3.63) is 83.0 Å². The fraction of sp³-hybridized carbons (Fsp3) is 0.125. The molecule has 0 unspecified atom stereocenters. The van der Waals surface area contributed by atoms with E-state index in [9.17, 15) is 4.79 Å². The number of aliphatic imine (C=N–C) groups is 1. The molecule has 0 aliphatic carbocycles. The molecule has 2 heterocycles. The lowest BCUT2D eigenvalue weighted by molar-refractivity contribution is -0.122. The number of ether oxygens (including phenoxy) is 1. The van der Waals surface area contributed by atoms with Crippen molar-refractivity contribution in [3.63, 3.8) is 0 Å². The number of hydrogen-bond donors (Lipinski definition) is 0. The standard InChI is InChI=1S/C24H19N3O3S/c1-29-14-13-27-23(28)22(31-24(27)26-19-5-3-2-4-6-19)15-20-11-12-21(30-20)18-9-7-17(16-25)8-10-18/h2-12,15H,13-14H2,1H3. The third-order valence-corrected chi connectivity index (χ3v) is 5.59. The van der Waals surface area contributed by atoms with Gasteiger partial charge in [-0.05, 0) is 60.3 Å². The lowest BCUT2D eigenvalue weighted by Gasteiger charge is -2.14. The number of amides is 1. The second-order valence-corrected chi connectivity index (χ2v) is 7.69. The van der Waals surface area contributed by atoms with Crippen LogP contribution in [0.5, 0.6) is 0 Å². The third-order valence-electron chi connectivity index (χ3n) is 4.59. The number of rotatable bonds is 6. The monoisotopic (exact) mass is 429 g/mol. The van der Waals surface area contributed by atoms with Gasteiger partial charge in [-0.1, -0.05) is 18.2 Å². The smallest absolute Gasteiger partial charge is 0.266 e. The van der Waals surface area contributed by atoms with Crippen molar-refractivity contribution in [1.29, 1.82) is 5.26 Å². The van der Waals surface area contributed by atoms with Crippen LogP contribution in [-0.4, -0.2) is 36.2 Å². The summed E-state index contributed by atoms with van der Waals surface area (Å²) in [5, 5.41) is 9.55. The van der Waals surface area contributed by atoms with Gasteiger partial charge in [0.25, 0.3) is 5.91 Å². The van der Waals surface area contributed by atoms with Gasteiger partial charge in [0.2, 0.25) is 0 Å². The zero-order valence-corrected chi connectivity index (χ0v) is 17.6. The van der Waals surface area contributed by atoms with Gasteiger partial charge >= 0.3 is 0 Å². The Morgan fingerprint density at radius 3 is 2.61 bits per heavy atom. The van der Waals surface area contributed by atoms with E-state index in [0.29, 0.717) is 40.3 Å². The minimum absolute atomic E-state index is 0.131. The average molecular weight is 430 g/mol. The van der Waals surface area contributed by atoms with Crippen molar-refractivity contribution in [3.8, 4) is 17.4 Å². The van der Waals surface area contributed by atoms with E-state index in [2.05, 4.69) is 11.1 Å². The second kappa shape index (κ2) is 9.47. The summed E-state index contributed by atoms with van der Waals surface area (Å²) in [7, 11) is 1.60. The van der Waals surface area contributed by atoms with Crippen LogP contribution in [0.15, 0.2) is 81.0 Å². The maximum Gasteiger partial charge on any atom is 0.266 e. The number of furan rings is 1. The van der Waals surface area contributed by atoms with E-state index in [1.807, 2.05) is 54.6 Å². The summed E-state index contributed by atoms with van der Waals surface area (Å²) in [5.41, 5.74) is 2.23. The van der Waals surface area contributed by atoms with E-state index in [0.717, 1.165) is 11.3 Å². The number of carbonyl (C=O) groups is 1. The lowest BCUT2D eigenvalue weighted by Crippen LogP contribution is -2.32. The van der Waals surface area contributed by atoms with E-state index in [4.69, 9.17) is 14.4 Å². The van der Waals surface area contributed by atoms with Gasteiger partial charge in [0.1, 0.15) is 11.5 Å². The first-order valence-electron chi connectivity index (χ1n) is 9.62. The van der Waals surface area contributed by atoms with Crippen molar-refractivity contribution in [2.45, 2.75) is 0 Å². The fourth-order valence-corrected chi connectivity index (χ4v) is 4.01. The Labute approximate surface area is 184 Å². The van der Waals surface area contributed by atoms with Gasteiger partial charge in [0.15, 0.2) is 5.17 Å². The van der Waals surface area contributed by atoms with Crippen LogP contribution >= 0.6 is 11.8 Å². The molecule has 0 bridgehead atoms. The van der Waals surface area contributed by atoms with Crippen molar-refractivity contribution in [1.82, 2.24) is 4.90 Å². The maximum atomic E-state index is 13.0. The molecule has 0 radical (unpaired) electrons. The summed E-state index contributed by atoms with van der Waals surface area (Å²) in [6, 6.07) is 22.4. The predicted molar refractivity (Wildman–Crippen MR) is 122 cm³/mol. The summed E-state index contributed by atoms with van der Waals surface area (Å²) in [6.07, 6.45) is 1.73. The predicted octanol–water partition coefficient (Wildman–Crippen LogP) is 5.07. The maximum absolute atomic E-state index is 13.0. The van der Waals surface area contributed by atoms with Gasteiger partial charge in [-0.2, -0.15) is 5.26 Å². The number of methoxy groups -OCH3 is 1. The molecule has 1 fully saturated rings. The largest absolute Gasteiger partial charge is 0.457 e. The molecular weight excluding hydrogens is 410 g/mol. The fourth-order valence-electron chi connectivity index (χ4n) is 3.01. The molecule has 6 nitrogen and oxygen atoms in total. The highest BCUT2D eigenvalue weighted by molar-refractivity contribution is 8.18. The number of para-hydroxylation sites is 1. The molecule has 0 saturated carbocycles. The molecule has 0 atom stereocenters. The zero-order valence-electron chi connectivity index (χ0n) is 16.8. The number of benzene rings is 2. The quantitative estimate of drug-likeness (QED) is 0.511. The van der Waals surface area contributed by atoms with Gasteiger partial charge < -0.3 is 9.15 Å². The molecule has 1 saturated heterocycles. The highest BCUT2D eigenvalue weighted by Gasteiger charge is 2.33. The van der Waals surface area contributed by atoms with Gasteiger partial charge in [-0.25, -0.2) is 4.99 Å². The lowest BCUT2D eigenvalue weighted by atomic mass is 10.1. The molecule has 154 valence electrons. The highest BCUT2D eigenvalue weighted by atomic mass is 32.2. The first-order valence-corrected chi connectivity index (χ1v) is 10.4. The summed E-state index contributed by atoms with van der Waals surface area (Å²) >= 11 is 1.31. The Hall–Kier alpha value is -3.60. The van der Waals surface area contributed by atoms with E-state index in [-0.39, 0.29) is 5.91 Å². The first kappa shape index (κ1) is 20.7. The normalized spacial score (nSPS) is 16.3. The molecule has 1 amide bonds. The minimum atomic E-state index is -0.131. The van der Waals surface area contributed by atoms with E-state index >= 15 is 0 Å². The number of amidine groups is 1. The highest BCUT2D eigenvalue weighted by Crippen LogP contribution is 2.35. The Kier molecular flexibility index (Phi) is 6.32. The molecule has 4 rings (SSSR count). The van der Waals surface area contributed by atoms with Crippen LogP contribution in [0.3, 0.4) is 0 Å². The molecule has 2 aromatic carbocycles. The van der Waals surface area contributed by atoms with Crippen LogP contribution in [0.4, 0.5) is 5.69 Å². The molecule has 31 heavy (non-hydrogen) atoms. The Bertz CT molecular complexity index is 1170. The van der Waals surface area contributed by atoms with Gasteiger partial charge in [-0.15, -0.1) is 0 Å². The SMILES string of the molecule is COCCN1C(=O)C(=Cc2ccc(-c3ccc(C#N)cc3)o2)SC1=Nc1ccccc1. The summed E-state index contributed by atoms with van der Waals surface area (Å²) < 4.78 is 11.1. The molecule has 1 aliphatic rings. The molecule has 0 N–H and O–H groups in total. The van der Waals surface area contributed by atoms with Crippen LogP contribution < -0.4 is 0 Å². The van der Waals surface area contributed by atoms with Crippen LogP contribution in [0.1, 0.15) is 11.3 Å². The van der Waals surface area contributed by atoms with Crippen molar-refractivity contribution >= 4 is 34.6 Å². The summed E-state index contributed by atoms with van der Waals surface area (Å²) in [6.45, 7) is 0.830. The molecule has 1 aromatic heterocycles. The number of hydrogen-bond acceptors (Lipinski definition) is 6. The Balaban J connectivity index is 1.60. The number of thioether (sulfide) groups is 1. The topological polar surface area (TPSA) is 78.8 Å². The van der Waals surface area contributed by atoms with E-state index in [1.54, 1.807) is 30.2 Å². The molecule has 7 heteroatoms. The van der Waals surface area contributed by atoms with Gasteiger partial charge in [0.05, 0.1) is 35.4 Å². The first-order chi connectivity index (χ1) is 15.2. The van der Waals surface area contributed by atoms with E-state index in [1.165, 1.54) is 11.8 Å². The molecule has 0 spiro atoms. The van der Waals surface area contributed by atoms with E-state index < -0.39 is 0 Å². The molecule has 1 aliphatic heterocycles. The van der Waals surface area contributed by atoms with Crippen LogP contribution in [0.2, 0.25) is 0 Å². The zero-order chi connectivity index (χ0) is 21.6.